The predicted molar refractivity (Wildman–Crippen MR) is 77.1 cm³/mol. The van der Waals surface area contributed by atoms with Gasteiger partial charge in [-0.3, -0.25) is 0 Å². The van der Waals surface area contributed by atoms with Gasteiger partial charge >= 0.3 is 41.7 Å². The second-order valence-corrected chi connectivity index (χ2v) is 7.00. The van der Waals surface area contributed by atoms with E-state index in [0.717, 1.165) is 4.90 Å². The molecule has 33 heavy (non-hydrogen) atoms. The third kappa shape index (κ3) is 3.55. The lowest BCUT2D eigenvalue weighted by molar-refractivity contribution is -0.454. The molecule has 0 aromatic carbocycles. The fourth-order valence-electron chi connectivity index (χ4n) is 2.80. The van der Waals surface area contributed by atoms with Gasteiger partial charge in [0.25, 0.3) is 0 Å². The van der Waals surface area contributed by atoms with Crippen LogP contribution in [0.3, 0.4) is 0 Å². The molecule has 2 heterocycles. The van der Waals surface area contributed by atoms with Crippen LogP contribution < -0.4 is 4.90 Å². The van der Waals surface area contributed by atoms with Gasteiger partial charge in [0.1, 0.15) is 0 Å². The van der Waals surface area contributed by atoms with Crippen molar-refractivity contribution < 1.29 is 65.9 Å². The highest BCUT2D eigenvalue weighted by atomic mass is 19.4. The van der Waals surface area contributed by atoms with Crippen molar-refractivity contribution in [1.82, 2.24) is 14.8 Å². The van der Waals surface area contributed by atoms with Gasteiger partial charge in [-0.25, -0.2) is 4.68 Å². The standard InChI is InChI=1S/C14H11F15N4/c1-32-6(30-7(31-32)33-4-2-3-5-33)8(15,16)9(17,18)10(19,20)11(21,22)12(23,24)13(25,26)14(27,28)29/h2-5H2,1H3. The Morgan fingerprint density at radius 2 is 1.00 bits per heavy atom. The second-order valence-electron chi connectivity index (χ2n) is 7.00. The highest BCUT2D eigenvalue weighted by molar-refractivity contribution is 5.32. The summed E-state index contributed by atoms with van der Waals surface area (Å²) in [5.41, 5.74) is 0. The van der Waals surface area contributed by atoms with Gasteiger partial charge in [0.15, 0.2) is 0 Å². The first-order chi connectivity index (χ1) is 14.5. The third-order valence-corrected chi connectivity index (χ3v) is 4.75. The summed E-state index contributed by atoms with van der Waals surface area (Å²) >= 11 is 0. The number of halogens is 15. The van der Waals surface area contributed by atoms with Crippen molar-refractivity contribution >= 4 is 5.95 Å². The van der Waals surface area contributed by atoms with E-state index in [1.165, 1.54) is 0 Å². The first-order valence-electron chi connectivity index (χ1n) is 8.48. The molecule has 0 bridgehead atoms. The minimum absolute atomic E-state index is 0.0817. The van der Waals surface area contributed by atoms with Gasteiger partial charge in [-0.2, -0.15) is 70.8 Å². The number of rotatable bonds is 7. The van der Waals surface area contributed by atoms with Crippen LogP contribution in [0.15, 0.2) is 0 Å². The van der Waals surface area contributed by atoms with Crippen molar-refractivity contribution in [2.45, 2.75) is 54.6 Å². The van der Waals surface area contributed by atoms with Gasteiger partial charge in [0, 0.05) is 20.1 Å². The highest BCUT2D eigenvalue weighted by Gasteiger charge is 2.93. The fourth-order valence-corrected chi connectivity index (χ4v) is 2.80. The number of nitrogens with zero attached hydrogens (tertiary/aromatic N) is 4. The molecule has 1 aromatic heterocycles. The van der Waals surface area contributed by atoms with Gasteiger partial charge in [0.2, 0.25) is 11.8 Å². The van der Waals surface area contributed by atoms with Crippen LogP contribution in [0.5, 0.6) is 0 Å². The van der Waals surface area contributed by atoms with Crippen LogP contribution in [0, 0.1) is 0 Å². The molecular formula is C14H11F15N4. The molecular weight excluding hydrogens is 509 g/mol. The number of hydrogen-bond donors (Lipinski definition) is 0. The normalized spacial score (nSPS) is 17.8. The third-order valence-electron chi connectivity index (χ3n) is 4.75. The zero-order valence-corrected chi connectivity index (χ0v) is 15.8. The van der Waals surface area contributed by atoms with Gasteiger partial charge < -0.3 is 4.90 Å². The van der Waals surface area contributed by atoms with Crippen LogP contribution >= 0.6 is 0 Å². The molecule has 0 saturated carbocycles. The summed E-state index contributed by atoms with van der Waals surface area (Å²) in [6.07, 6.45) is -6.76. The summed E-state index contributed by atoms with van der Waals surface area (Å²) in [6.45, 7) is 0.163. The van der Waals surface area contributed by atoms with E-state index in [0.29, 0.717) is 19.9 Å². The summed E-state index contributed by atoms with van der Waals surface area (Å²) in [6, 6.07) is 0. The molecule has 1 aliphatic rings. The molecule has 0 aliphatic carbocycles. The smallest absolute Gasteiger partial charge is 0.340 e. The van der Waals surface area contributed by atoms with E-state index in [1.54, 1.807) is 0 Å². The lowest BCUT2D eigenvalue weighted by Crippen LogP contribution is -2.72. The van der Waals surface area contributed by atoms with Crippen molar-refractivity contribution in [1.29, 1.82) is 0 Å². The van der Waals surface area contributed by atoms with Crippen LogP contribution in [0.25, 0.3) is 0 Å². The lowest BCUT2D eigenvalue weighted by Gasteiger charge is -2.41. The zero-order chi connectivity index (χ0) is 26.1. The summed E-state index contributed by atoms with van der Waals surface area (Å²) in [5, 5.41) is 3.21. The fraction of sp³-hybridized carbons (Fsp3) is 0.857. The maximum absolute atomic E-state index is 14.3. The molecule has 0 radical (unpaired) electrons. The molecule has 19 heteroatoms. The Hall–Kier alpha value is -2.11. The molecule has 0 amide bonds. The van der Waals surface area contributed by atoms with Gasteiger partial charge in [0.05, 0.1) is 0 Å². The molecule has 192 valence electrons. The Kier molecular flexibility index (Phi) is 6.12. The average Bonchev–Trinajstić information content (AvgIpc) is 3.29. The molecule has 0 unspecified atom stereocenters. The Morgan fingerprint density at radius 1 is 0.606 bits per heavy atom. The zero-order valence-electron chi connectivity index (χ0n) is 15.8. The van der Waals surface area contributed by atoms with E-state index in [2.05, 4.69) is 10.1 Å². The summed E-state index contributed by atoms with van der Waals surface area (Å²) < 4.78 is 199. The number of alkyl halides is 15. The number of hydrogen-bond acceptors (Lipinski definition) is 3. The maximum Gasteiger partial charge on any atom is 0.460 e. The van der Waals surface area contributed by atoms with E-state index >= 15 is 0 Å². The monoisotopic (exact) mass is 520 g/mol. The Bertz CT molecular complexity index is 866. The highest BCUT2D eigenvalue weighted by Crippen LogP contribution is 2.63. The molecule has 0 atom stereocenters. The van der Waals surface area contributed by atoms with Crippen LogP contribution in [0.1, 0.15) is 18.7 Å². The number of anilines is 1. The second kappa shape index (κ2) is 7.44. The lowest BCUT2D eigenvalue weighted by atomic mass is 9.91. The molecule has 2 rings (SSSR count). The quantitative estimate of drug-likeness (QED) is 0.461. The molecule has 1 saturated heterocycles. The van der Waals surface area contributed by atoms with Gasteiger partial charge in [-0.1, -0.05) is 0 Å². The molecule has 0 N–H and O–H groups in total. The average molecular weight is 520 g/mol. The summed E-state index contributed by atoms with van der Waals surface area (Å²) in [7, 11) is 0.411. The minimum atomic E-state index is -8.33. The molecule has 4 nitrogen and oxygen atoms in total. The van der Waals surface area contributed by atoms with Crippen molar-refractivity contribution in [3.8, 4) is 0 Å². The van der Waals surface area contributed by atoms with Crippen molar-refractivity contribution in [3.63, 3.8) is 0 Å². The van der Waals surface area contributed by atoms with Crippen molar-refractivity contribution in [3.05, 3.63) is 5.82 Å². The Balaban J connectivity index is 2.58. The molecule has 1 aromatic rings. The summed E-state index contributed by atoms with van der Waals surface area (Å²) in [4.78, 5) is 3.92. The van der Waals surface area contributed by atoms with Crippen LogP contribution in [0.4, 0.5) is 71.8 Å². The van der Waals surface area contributed by atoms with E-state index in [1.807, 2.05) is 0 Å². The van der Waals surface area contributed by atoms with Crippen LogP contribution in [0.2, 0.25) is 0 Å². The van der Waals surface area contributed by atoms with Crippen molar-refractivity contribution in [2.24, 2.45) is 7.05 Å². The predicted octanol–water partition coefficient (Wildman–Crippen LogP) is 5.25. The topological polar surface area (TPSA) is 34.0 Å². The van der Waals surface area contributed by atoms with E-state index < -0.39 is 53.5 Å². The van der Waals surface area contributed by atoms with E-state index in [4.69, 9.17) is 0 Å². The largest absolute Gasteiger partial charge is 0.460 e. The van der Waals surface area contributed by atoms with E-state index in [-0.39, 0.29) is 17.8 Å². The molecule has 1 aliphatic heterocycles. The SMILES string of the molecule is Cn1nc(N2CCCC2)nc1C(F)(F)C(F)(F)C(F)(F)C(F)(F)C(F)(F)C(F)(F)C(F)(F)F. The summed E-state index contributed by atoms with van der Waals surface area (Å²) in [5.74, 6) is -50.2. The first-order valence-corrected chi connectivity index (χ1v) is 8.48. The van der Waals surface area contributed by atoms with E-state index in [9.17, 15) is 65.9 Å². The number of aryl methyl sites for hydroxylation is 1. The Labute approximate surface area is 173 Å². The first kappa shape index (κ1) is 27.1. The molecule has 0 spiro atoms. The minimum Gasteiger partial charge on any atom is -0.340 e. The van der Waals surface area contributed by atoms with Gasteiger partial charge in [-0.05, 0) is 12.8 Å². The van der Waals surface area contributed by atoms with Gasteiger partial charge in [-0.15, -0.1) is 5.10 Å². The Morgan fingerprint density at radius 3 is 1.42 bits per heavy atom. The van der Waals surface area contributed by atoms with Crippen molar-refractivity contribution in [2.75, 3.05) is 18.0 Å². The number of aromatic nitrogens is 3. The van der Waals surface area contributed by atoms with Crippen LogP contribution in [-0.4, -0.2) is 63.6 Å². The molecule has 1 fully saturated rings. The maximum atomic E-state index is 14.3. The van der Waals surface area contributed by atoms with Crippen LogP contribution in [-0.2, 0) is 13.0 Å².